The molecule has 1 aliphatic rings. The number of carbonyl (C=O) groups excluding carboxylic acids is 1. The van der Waals surface area contributed by atoms with Crippen molar-refractivity contribution in [2.45, 2.75) is 20.8 Å². The second kappa shape index (κ2) is 8.27. The standard InChI is InChI=1S/C24H21N5O4/c1-14-10-15(2)29(28-14)22-12-23(26-16(3)25-22)33-19-7-5-18(6-8-19)27-24(30)17-4-9-20-21(11-17)32-13-31-20/h4-12H,13H2,1-3H3,(H,27,30). The SMILES string of the molecule is Cc1cc(C)n(-c2cc(Oc3ccc(NC(=O)c4ccc5c(c4)OCO5)cc3)nc(C)n2)n1. The zero-order valence-corrected chi connectivity index (χ0v) is 18.3. The monoisotopic (exact) mass is 443 g/mol. The first kappa shape index (κ1) is 20.5. The minimum Gasteiger partial charge on any atom is -0.454 e. The molecule has 5 rings (SSSR count). The predicted molar refractivity (Wildman–Crippen MR) is 120 cm³/mol. The number of nitrogens with one attached hydrogen (secondary N) is 1. The third-order valence-electron chi connectivity index (χ3n) is 5.00. The van der Waals surface area contributed by atoms with Gasteiger partial charge < -0.3 is 19.5 Å². The minimum absolute atomic E-state index is 0.163. The van der Waals surface area contributed by atoms with Gasteiger partial charge in [-0.15, -0.1) is 0 Å². The second-order valence-corrected chi connectivity index (χ2v) is 7.60. The summed E-state index contributed by atoms with van der Waals surface area (Å²) in [4.78, 5) is 21.4. The third kappa shape index (κ3) is 4.33. The fourth-order valence-corrected chi connectivity index (χ4v) is 3.51. The lowest BCUT2D eigenvalue weighted by Crippen LogP contribution is -2.11. The van der Waals surface area contributed by atoms with Crippen LogP contribution in [0.2, 0.25) is 0 Å². The van der Waals surface area contributed by atoms with Gasteiger partial charge in [-0.2, -0.15) is 10.1 Å². The molecule has 3 heterocycles. The van der Waals surface area contributed by atoms with Crippen molar-refractivity contribution < 1.29 is 19.0 Å². The Hall–Kier alpha value is -4.40. The molecule has 0 atom stereocenters. The molecule has 0 radical (unpaired) electrons. The van der Waals surface area contributed by atoms with Gasteiger partial charge in [0.05, 0.1) is 5.69 Å². The maximum atomic E-state index is 12.6. The smallest absolute Gasteiger partial charge is 0.255 e. The van der Waals surface area contributed by atoms with Crippen LogP contribution in [0, 0.1) is 20.8 Å². The minimum atomic E-state index is -0.247. The summed E-state index contributed by atoms with van der Waals surface area (Å²) < 4.78 is 18.3. The number of nitrogens with zero attached hydrogens (tertiary/aromatic N) is 4. The molecule has 0 fully saturated rings. The van der Waals surface area contributed by atoms with Crippen molar-refractivity contribution in [2.75, 3.05) is 12.1 Å². The molecule has 2 aromatic heterocycles. The molecule has 33 heavy (non-hydrogen) atoms. The molecule has 0 saturated carbocycles. The molecule has 9 heteroatoms. The third-order valence-corrected chi connectivity index (χ3v) is 5.00. The van der Waals surface area contributed by atoms with Crippen molar-refractivity contribution in [3.05, 3.63) is 77.4 Å². The molecule has 4 aromatic rings. The number of hydrogen-bond acceptors (Lipinski definition) is 7. The molecular formula is C24H21N5O4. The van der Waals surface area contributed by atoms with E-state index < -0.39 is 0 Å². The van der Waals surface area contributed by atoms with Gasteiger partial charge in [0.2, 0.25) is 12.7 Å². The number of fused-ring (bicyclic) bond motifs is 1. The summed E-state index contributed by atoms with van der Waals surface area (Å²) in [6.07, 6.45) is 0. The Morgan fingerprint density at radius 3 is 2.52 bits per heavy atom. The van der Waals surface area contributed by atoms with Gasteiger partial charge in [0.15, 0.2) is 17.3 Å². The van der Waals surface area contributed by atoms with E-state index in [2.05, 4.69) is 20.4 Å². The normalized spacial score (nSPS) is 12.0. The van der Waals surface area contributed by atoms with Gasteiger partial charge in [-0.25, -0.2) is 9.67 Å². The predicted octanol–water partition coefficient (Wildman–Crippen LogP) is 4.36. The molecule has 0 saturated heterocycles. The van der Waals surface area contributed by atoms with Crippen LogP contribution in [-0.2, 0) is 0 Å². The highest BCUT2D eigenvalue weighted by molar-refractivity contribution is 6.04. The summed E-state index contributed by atoms with van der Waals surface area (Å²) in [7, 11) is 0. The van der Waals surface area contributed by atoms with Crippen molar-refractivity contribution >= 4 is 11.6 Å². The highest BCUT2D eigenvalue weighted by Crippen LogP contribution is 2.32. The largest absolute Gasteiger partial charge is 0.454 e. The molecule has 0 bridgehead atoms. The van der Waals surface area contributed by atoms with Crippen LogP contribution in [0.1, 0.15) is 27.6 Å². The molecule has 166 valence electrons. The number of benzene rings is 2. The van der Waals surface area contributed by atoms with E-state index in [9.17, 15) is 4.79 Å². The molecule has 9 nitrogen and oxygen atoms in total. The summed E-state index contributed by atoms with van der Waals surface area (Å²) in [5.41, 5.74) is 2.99. The van der Waals surface area contributed by atoms with E-state index in [1.54, 1.807) is 60.1 Å². The maximum absolute atomic E-state index is 12.6. The number of amides is 1. The van der Waals surface area contributed by atoms with Crippen LogP contribution < -0.4 is 19.5 Å². The fourth-order valence-electron chi connectivity index (χ4n) is 3.51. The number of aromatic nitrogens is 4. The Kier molecular flexibility index (Phi) is 5.14. The molecule has 2 aromatic carbocycles. The second-order valence-electron chi connectivity index (χ2n) is 7.60. The van der Waals surface area contributed by atoms with E-state index in [1.807, 2.05) is 19.9 Å². The van der Waals surface area contributed by atoms with Crippen LogP contribution in [0.3, 0.4) is 0 Å². The summed E-state index contributed by atoms with van der Waals surface area (Å²) >= 11 is 0. The molecule has 1 N–H and O–H groups in total. The number of hydrogen-bond donors (Lipinski definition) is 1. The van der Waals surface area contributed by atoms with Crippen molar-refractivity contribution in [1.29, 1.82) is 0 Å². The van der Waals surface area contributed by atoms with Gasteiger partial charge in [0.1, 0.15) is 11.6 Å². The van der Waals surface area contributed by atoms with Gasteiger partial charge in [-0.3, -0.25) is 4.79 Å². The lowest BCUT2D eigenvalue weighted by molar-refractivity contribution is 0.102. The van der Waals surface area contributed by atoms with E-state index in [-0.39, 0.29) is 12.7 Å². The van der Waals surface area contributed by atoms with Crippen molar-refractivity contribution in [3.63, 3.8) is 0 Å². The van der Waals surface area contributed by atoms with Gasteiger partial charge in [-0.05, 0) is 69.3 Å². The highest BCUT2D eigenvalue weighted by atomic mass is 16.7. The molecule has 0 unspecified atom stereocenters. The fraction of sp³-hybridized carbons (Fsp3) is 0.167. The Balaban J connectivity index is 1.29. The Labute approximate surface area is 190 Å². The van der Waals surface area contributed by atoms with E-state index in [0.29, 0.717) is 46.0 Å². The number of ether oxygens (including phenoxy) is 3. The number of aryl methyl sites for hydroxylation is 3. The lowest BCUT2D eigenvalue weighted by Gasteiger charge is -2.10. The topological polar surface area (TPSA) is 100 Å². The molecule has 1 aliphatic heterocycles. The summed E-state index contributed by atoms with van der Waals surface area (Å²) in [6.45, 7) is 5.86. The quantitative estimate of drug-likeness (QED) is 0.489. The number of rotatable bonds is 5. The number of carbonyl (C=O) groups is 1. The Morgan fingerprint density at radius 2 is 1.76 bits per heavy atom. The van der Waals surface area contributed by atoms with Crippen molar-refractivity contribution in [3.8, 4) is 28.9 Å². The maximum Gasteiger partial charge on any atom is 0.255 e. The van der Waals surface area contributed by atoms with Crippen LogP contribution in [0.25, 0.3) is 5.82 Å². The molecular weight excluding hydrogens is 422 g/mol. The van der Waals surface area contributed by atoms with Gasteiger partial charge in [0.25, 0.3) is 5.91 Å². The summed E-state index contributed by atoms with van der Waals surface area (Å²) in [6, 6.07) is 15.8. The molecule has 0 spiro atoms. The zero-order valence-electron chi connectivity index (χ0n) is 18.3. The average Bonchev–Trinajstić information content (AvgIpc) is 3.39. The zero-order chi connectivity index (χ0) is 22.9. The van der Waals surface area contributed by atoms with Gasteiger partial charge in [-0.1, -0.05) is 0 Å². The lowest BCUT2D eigenvalue weighted by atomic mass is 10.2. The van der Waals surface area contributed by atoms with Crippen molar-refractivity contribution in [1.82, 2.24) is 19.7 Å². The van der Waals surface area contributed by atoms with Crippen LogP contribution in [-0.4, -0.2) is 32.4 Å². The molecule has 0 aliphatic carbocycles. The molecule has 1 amide bonds. The van der Waals surface area contributed by atoms with Crippen LogP contribution >= 0.6 is 0 Å². The first-order valence-electron chi connectivity index (χ1n) is 10.3. The average molecular weight is 443 g/mol. The number of anilines is 1. The van der Waals surface area contributed by atoms with Crippen LogP contribution in [0.15, 0.2) is 54.6 Å². The van der Waals surface area contributed by atoms with Crippen molar-refractivity contribution in [2.24, 2.45) is 0 Å². The van der Waals surface area contributed by atoms with E-state index in [0.717, 1.165) is 11.4 Å². The van der Waals surface area contributed by atoms with Crippen LogP contribution in [0.5, 0.6) is 23.1 Å². The Bertz CT molecular complexity index is 1350. The van der Waals surface area contributed by atoms with Crippen LogP contribution in [0.4, 0.5) is 5.69 Å². The first-order chi connectivity index (χ1) is 15.9. The van der Waals surface area contributed by atoms with Gasteiger partial charge in [0, 0.05) is 23.0 Å². The summed E-state index contributed by atoms with van der Waals surface area (Å²) in [5, 5.41) is 7.33. The van der Waals surface area contributed by atoms with E-state index >= 15 is 0 Å². The van der Waals surface area contributed by atoms with Gasteiger partial charge >= 0.3 is 0 Å². The summed E-state index contributed by atoms with van der Waals surface area (Å²) in [5.74, 6) is 3.14. The van der Waals surface area contributed by atoms with E-state index in [4.69, 9.17) is 14.2 Å². The Morgan fingerprint density at radius 1 is 0.970 bits per heavy atom. The van der Waals surface area contributed by atoms with E-state index in [1.165, 1.54) is 0 Å². The first-order valence-corrected chi connectivity index (χ1v) is 10.3. The highest BCUT2D eigenvalue weighted by Gasteiger charge is 2.16.